The number of morpholine rings is 1. The van der Waals surface area contributed by atoms with E-state index in [1.807, 2.05) is 0 Å². The summed E-state index contributed by atoms with van der Waals surface area (Å²) in [6, 6.07) is 9.29. The van der Waals surface area contributed by atoms with E-state index in [0.717, 1.165) is 26.3 Å². The summed E-state index contributed by atoms with van der Waals surface area (Å²) in [5.74, 6) is 0. The van der Waals surface area contributed by atoms with Crippen LogP contribution in [-0.4, -0.2) is 30.7 Å². The fourth-order valence-corrected chi connectivity index (χ4v) is 2.04. The van der Waals surface area contributed by atoms with Crippen molar-refractivity contribution >= 4 is 0 Å². The number of hydrogen-bond donors (Lipinski definition) is 0. The molecule has 0 bridgehead atoms. The molecule has 2 rings (SSSR count). The van der Waals surface area contributed by atoms with Gasteiger partial charge in [-0.2, -0.15) is 0 Å². The van der Waals surface area contributed by atoms with Crippen molar-refractivity contribution in [3.63, 3.8) is 0 Å². The second-order valence-electron chi connectivity index (χ2n) is 4.38. The molecule has 1 aromatic carbocycles. The molecule has 0 saturated carbocycles. The summed E-state index contributed by atoms with van der Waals surface area (Å²) in [7, 11) is 0. The molecular formula is C13H19NO. The SMILES string of the molecule is Cc1cccc(CN2CCOC[C@H]2C)c1. The Bertz CT molecular complexity index is 324. The van der Waals surface area contributed by atoms with Crippen molar-refractivity contribution < 1.29 is 4.74 Å². The first-order valence-corrected chi connectivity index (χ1v) is 5.63. The van der Waals surface area contributed by atoms with Gasteiger partial charge in [0, 0.05) is 19.1 Å². The Labute approximate surface area is 91.9 Å². The summed E-state index contributed by atoms with van der Waals surface area (Å²) >= 11 is 0. The van der Waals surface area contributed by atoms with Crippen molar-refractivity contribution in [2.24, 2.45) is 0 Å². The van der Waals surface area contributed by atoms with Crippen molar-refractivity contribution in [1.82, 2.24) is 4.90 Å². The van der Waals surface area contributed by atoms with Crippen molar-refractivity contribution in [2.45, 2.75) is 26.4 Å². The Morgan fingerprint density at radius 2 is 2.33 bits per heavy atom. The molecule has 1 aromatic rings. The molecule has 2 heteroatoms. The second-order valence-corrected chi connectivity index (χ2v) is 4.38. The topological polar surface area (TPSA) is 12.5 Å². The molecule has 2 nitrogen and oxygen atoms in total. The first-order valence-electron chi connectivity index (χ1n) is 5.63. The van der Waals surface area contributed by atoms with Crippen LogP contribution in [0.1, 0.15) is 18.1 Å². The number of nitrogens with zero attached hydrogens (tertiary/aromatic N) is 1. The average Bonchev–Trinajstić information content (AvgIpc) is 2.22. The third kappa shape index (κ3) is 2.80. The third-order valence-electron chi connectivity index (χ3n) is 2.97. The number of rotatable bonds is 2. The zero-order valence-electron chi connectivity index (χ0n) is 9.57. The highest BCUT2D eigenvalue weighted by molar-refractivity contribution is 5.22. The van der Waals surface area contributed by atoms with Gasteiger partial charge in [-0.1, -0.05) is 29.8 Å². The van der Waals surface area contributed by atoms with Gasteiger partial charge in [-0.3, -0.25) is 4.90 Å². The summed E-state index contributed by atoms with van der Waals surface area (Å²) in [6.07, 6.45) is 0. The van der Waals surface area contributed by atoms with E-state index < -0.39 is 0 Å². The van der Waals surface area contributed by atoms with Gasteiger partial charge in [-0.05, 0) is 19.4 Å². The predicted molar refractivity (Wildman–Crippen MR) is 61.9 cm³/mol. The minimum atomic E-state index is 0.541. The molecular weight excluding hydrogens is 186 g/mol. The number of benzene rings is 1. The van der Waals surface area contributed by atoms with Crippen LogP contribution in [0.15, 0.2) is 24.3 Å². The van der Waals surface area contributed by atoms with Gasteiger partial charge in [0.05, 0.1) is 13.2 Å². The van der Waals surface area contributed by atoms with Crippen molar-refractivity contribution in [2.75, 3.05) is 19.8 Å². The van der Waals surface area contributed by atoms with E-state index in [0.29, 0.717) is 6.04 Å². The summed E-state index contributed by atoms with van der Waals surface area (Å²) in [6.45, 7) is 8.21. The maximum absolute atomic E-state index is 5.43. The van der Waals surface area contributed by atoms with Crippen LogP contribution in [0.4, 0.5) is 0 Å². The van der Waals surface area contributed by atoms with Gasteiger partial charge in [0.2, 0.25) is 0 Å². The van der Waals surface area contributed by atoms with E-state index in [1.54, 1.807) is 0 Å². The highest BCUT2D eigenvalue weighted by atomic mass is 16.5. The van der Waals surface area contributed by atoms with E-state index in [2.05, 4.69) is 43.0 Å². The Kier molecular flexibility index (Phi) is 3.39. The summed E-state index contributed by atoms with van der Waals surface area (Å²) < 4.78 is 5.43. The Hall–Kier alpha value is -0.860. The lowest BCUT2D eigenvalue weighted by Crippen LogP contribution is -2.42. The van der Waals surface area contributed by atoms with Crippen molar-refractivity contribution in [3.05, 3.63) is 35.4 Å². The molecule has 1 aliphatic rings. The lowest BCUT2D eigenvalue weighted by atomic mass is 10.1. The summed E-state index contributed by atoms with van der Waals surface area (Å²) in [5.41, 5.74) is 2.75. The van der Waals surface area contributed by atoms with Crippen LogP contribution in [0.25, 0.3) is 0 Å². The monoisotopic (exact) mass is 205 g/mol. The van der Waals surface area contributed by atoms with E-state index in [9.17, 15) is 0 Å². The van der Waals surface area contributed by atoms with Crippen LogP contribution in [0.5, 0.6) is 0 Å². The maximum Gasteiger partial charge on any atom is 0.0619 e. The van der Waals surface area contributed by atoms with Crippen molar-refractivity contribution in [1.29, 1.82) is 0 Å². The van der Waals surface area contributed by atoms with Gasteiger partial charge < -0.3 is 4.74 Å². The molecule has 1 fully saturated rings. The van der Waals surface area contributed by atoms with Crippen LogP contribution in [-0.2, 0) is 11.3 Å². The van der Waals surface area contributed by atoms with E-state index >= 15 is 0 Å². The first kappa shape index (κ1) is 10.7. The van der Waals surface area contributed by atoms with Crippen LogP contribution in [0, 0.1) is 6.92 Å². The Morgan fingerprint density at radius 1 is 1.47 bits per heavy atom. The van der Waals surface area contributed by atoms with Crippen molar-refractivity contribution in [3.8, 4) is 0 Å². The standard InChI is InChI=1S/C13H19NO/c1-11-4-3-5-13(8-11)9-14-6-7-15-10-12(14)2/h3-5,8,12H,6-7,9-10H2,1-2H3/t12-/m1/s1. The minimum Gasteiger partial charge on any atom is -0.379 e. The number of ether oxygens (including phenoxy) is 1. The highest BCUT2D eigenvalue weighted by Crippen LogP contribution is 2.12. The minimum absolute atomic E-state index is 0.541. The molecule has 1 aliphatic heterocycles. The van der Waals surface area contributed by atoms with Gasteiger partial charge in [0.25, 0.3) is 0 Å². The van der Waals surface area contributed by atoms with Crippen LogP contribution in [0.2, 0.25) is 0 Å². The number of hydrogen-bond acceptors (Lipinski definition) is 2. The molecule has 1 atom stereocenters. The van der Waals surface area contributed by atoms with Gasteiger partial charge in [0.1, 0.15) is 0 Å². The molecule has 0 spiro atoms. The fourth-order valence-electron chi connectivity index (χ4n) is 2.04. The summed E-state index contributed by atoms with van der Waals surface area (Å²) in [4.78, 5) is 2.48. The molecule has 0 radical (unpaired) electrons. The summed E-state index contributed by atoms with van der Waals surface area (Å²) in [5, 5.41) is 0. The van der Waals surface area contributed by atoms with E-state index in [-0.39, 0.29) is 0 Å². The van der Waals surface area contributed by atoms with Gasteiger partial charge >= 0.3 is 0 Å². The fraction of sp³-hybridized carbons (Fsp3) is 0.538. The molecule has 0 N–H and O–H groups in total. The molecule has 0 aliphatic carbocycles. The zero-order valence-corrected chi connectivity index (χ0v) is 9.57. The van der Waals surface area contributed by atoms with Gasteiger partial charge in [-0.25, -0.2) is 0 Å². The lowest BCUT2D eigenvalue weighted by molar-refractivity contribution is -0.00437. The third-order valence-corrected chi connectivity index (χ3v) is 2.97. The first-order chi connectivity index (χ1) is 7.25. The highest BCUT2D eigenvalue weighted by Gasteiger charge is 2.18. The molecule has 0 amide bonds. The second kappa shape index (κ2) is 4.77. The molecule has 1 saturated heterocycles. The predicted octanol–water partition coefficient (Wildman–Crippen LogP) is 2.22. The average molecular weight is 205 g/mol. The van der Waals surface area contributed by atoms with Crippen LogP contribution < -0.4 is 0 Å². The molecule has 82 valence electrons. The van der Waals surface area contributed by atoms with E-state index in [1.165, 1.54) is 11.1 Å². The molecule has 0 aromatic heterocycles. The Balaban J connectivity index is 2.01. The maximum atomic E-state index is 5.43. The van der Waals surface area contributed by atoms with Gasteiger partial charge in [-0.15, -0.1) is 0 Å². The molecule has 15 heavy (non-hydrogen) atoms. The Morgan fingerprint density at radius 3 is 3.07 bits per heavy atom. The largest absolute Gasteiger partial charge is 0.379 e. The smallest absolute Gasteiger partial charge is 0.0619 e. The molecule has 1 heterocycles. The normalized spacial score (nSPS) is 22.9. The van der Waals surface area contributed by atoms with E-state index in [4.69, 9.17) is 4.74 Å². The van der Waals surface area contributed by atoms with Crippen LogP contribution in [0.3, 0.4) is 0 Å². The quantitative estimate of drug-likeness (QED) is 0.734. The molecule has 0 unspecified atom stereocenters. The van der Waals surface area contributed by atoms with Crippen LogP contribution >= 0.6 is 0 Å². The lowest BCUT2D eigenvalue weighted by Gasteiger charge is -2.33. The number of aryl methyl sites for hydroxylation is 1. The zero-order chi connectivity index (χ0) is 10.7. The van der Waals surface area contributed by atoms with Gasteiger partial charge in [0.15, 0.2) is 0 Å².